The van der Waals surface area contributed by atoms with Crippen LogP contribution in [0.4, 0.5) is 0 Å². The van der Waals surface area contributed by atoms with Gasteiger partial charge in [-0.15, -0.1) is 0 Å². The molecule has 19 heavy (non-hydrogen) atoms. The van der Waals surface area contributed by atoms with E-state index in [-0.39, 0.29) is 5.75 Å². The Kier molecular flexibility index (Phi) is 4.38. The fourth-order valence-corrected chi connectivity index (χ4v) is 3.06. The van der Waals surface area contributed by atoms with Crippen LogP contribution in [0.2, 0.25) is 0 Å². The van der Waals surface area contributed by atoms with E-state index in [9.17, 15) is 10.2 Å². The first-order valence-electron chi connectivity index (χ1n) is 6.40. The van der Waals surface area contributed by atoms with Crippen molar-refractivity contribution < 1.29 is 10.2 Å². The maximum Gasteiger partial charge on any atom is 0.118 e. The molecule has 0 aliphatic heterocycles. The van der Waals surface area contributed by atoms with Gasteiger partial charge >= 0.3 is 0 Å². The molecule has 0 fully saturated rings. The molecule has 2 aromatic carbocycles. The Bertz CT molecular complexity index is 562. The zero-order valence-electron chi connectivity index (χ0n) is 11.2. The molecule has 2 aromatic rings. The van der Waals surface area contributed by atoms with Crippen molar-refractivity contribution in [3.8, 4) is 11.5 Å². The molecule has 0 bridgehead atoms. The van der Waals surface area contributed by atoms with Gasteiger partial charge in [-0.3, -0.25) is 0 Å². The minimum Gasteiger partial charge on any atom is -0.508 e. The van der Waals surface area contributed by atoms with Gasteiger partial charge in [-0.25, -0.2) is 0 Å². The fraction of sp³-hybridized carbons (Fsp3) is 0.250. The van der Waals surface area contributed by atoms with Gasteiger partial charge in [0.05, 0.1) is 0 Å². The normalized spacial score (nSPS) is 10.6. The fourth-order valence-electron chi connectivity index (χ4n) is 2.02. The van der Waals surface area contributed by atoms with E-state index in [2.05, 4.69) is 6.92 Å². The second-order valence-electron chi connectivity index (χ2n) is 4.53. The molecule has 0 amide bonds. The number of hydrogen-bond donors (Lipinski definition) is 2. The van der Waals surface area contributed by atoms with Crippen LogP contribution in [0.5, 0.6) is 11.5 Å². The predicted molar refractivity (Wildman–Crippen MR) is 79.1 cm³/mol. The molecule has 0 aromatic heterocycles. The van der Waals surface area contributed by atoms with Crippen LogP contribution >= 0.6 is 11.8 Å². The van der Waals surface area contributed by atoms with Crippen molar-refractivity contribution in [3.63, 3.8) is 0 Å². The summed E-state index contributed by atoms with van der Waals surface area (Å²) in [5, 5.41) is 19.1. The average molecular weight is 274 g/mol. The van der Waals surface area contributed by atoms with Gasteiger partial charge in [0, 0.05) is 9.79 Å². The Morgan fingerprint density at radius 1 is 1.00 bits per heavy atom. The van der Waals surface area contributed by atoms with Crippen LogP contribution in [0.1, 0.15) is 24.5 Å². The molecule has 2 rings (SSSR count). The lowest BCUT2D eigenvalue weighted by Crippen LogP contribution is -1.93. The molecule has 0 spiro atoms. The number of rotatable bonds is 4. The SMILES string of the molecule is CCCc1c(Sc2ccc(O)cc2)ccc(O)c1C. The Hall–Kier alpha value is -1.61. The van der Waals surface area contributed by atoms with Crippen molar-refractivity contribution in [1.82, 2.24) is 0 Å². The summed E-state index contributed by atoms with van der Waals surface area (Å²) in [6, 6.07) is 10.9. The van der Waals surface area contributed by atoms with Gasteiger partial charge in [-0.1, -0.05) is 25.1 Å². The summed E-state index contributed by atoms with van der Waals surface area (Å²) in [5.41, 5.74) is 2.17. The summed E-state index contributed by atoms with van der Waals surface area (Å²) in [6.45, 7) is 4.10. The van der Waals surface area contributed by atoms with Crippen molar-refractivity contribution in [2.45, 2.75) is 36.5 Å². The van der Waals surface area contributed by atoms with E-state index in [4.69, 9.17) is 0 Å². The molecule has 0 saturated carbocycles. The van der Waals surface area contributed by atoms with Crippen molar-refractivity contribution in [3.05, 3.63) is 47.5 Å². The van der Waals surface area contributed by atoms with E-state index in [1.165, 1.54) is 10.5 Å². The average Bonchev–Trinajstić information content (AvgIpc) is 2.41. The summed E-state index contributed by atoms with van der Waals surface area (Å²) in [7, 11) is 0. The maximum absolute atomic E-state index is 9.81. The minimum absolute atomic E-state index is 0.278. The van der Waals surface area contributed by atoms with Crippen LogP contribution in [0.25, 0.3) is 0 Å². The number of benzene rings is 2. The van der Waals surface area contributed by atoms with Gasteiger partial charge in [0.25, 0.3) is 0 Å². The molecule has 3 heteroatoms. The zero-order chi connectivity index (χ0) is 13.8. The van der Waals surface area contributed by atoms with E-state index >= 15 is 0 Å². The molecular formula is C16H18O2S. The topological polar surface area (TPSA) is 40.5 Å². The second-order valence-corrected chi connectivity index (χ2v) is 5.65. The lowest BCUT2D eigenvalue weighted by atomic mass is 10.0. The highest BCUT2D eigenvalue weighted by Gasteiger charge is 2.10. The van der Waals surface area contributed by atoms with Gasteiger partial charge in [-0.05, 0) is 60.9 Å². The van der Waals surface area contributed by atoms with Crippen molar-refractivity contribution in [2.75, 3.05) is 0 Å². The van der Waals surface area contributed by atoms with Crippen molar-refractivity contribution >= 4 is 11.8 Å². The second kappa shape index (κ2) is 6.02. The van der Waals surface area contributed by atoms with E-state index in [0.29, 0.717) is 5.75 Å². The highest BCUT2D eigenvalue weighted by Crippen LogP contribution is 2.36. The van der Waals surface area contributed by atoms with Gasteiger partial charge < -0.3 is 10.2 Å². The summed E-state index contributed by atoms with van der Waals surface area (Å²) in [4.78, 5) is 2.25. The highest BCUT2D eigenvalue weighted by atomic mass is 32.2. The van der Waals surface area contributed by atoms with Crippen LogP contribution < -0.4 is 0 Å². The number of hydrogen-bond acceptors (Lipinski definition) is 3. The third kappa shape index (κ3) is 3.24. The zero-order valence-corrected chi connectivity index (χ0v) is 12.0. The van der Waals surface area contributed by atoms with Crippen molar-refractivity contribution in [1.29, 1.82) is 0 Å². The standard InChI is InChI=1S/C16H18O2S/c1-3-4-14-11(2)15(18)9-10-16(14)19-13-7-5-12(17)6-8-13/h5-10,17-18H,3-4H2,1-2H3. The lowest BCUT2D eigenvalue weighted by Gasteiger charge is -2.13. The Morgan fingerprint density at radius 3 is 2.32 bits per heavy atom. The first-order chi connectivity index (χ1) is 9.11. The number of phenolic OH excluding ortho intramolecular Hbond substituents is 2. The Morgan fingerprint density at radius 2 is 1.68 bits per heavy atom. The molecule has 2 nitrogen and oxygen atoms in total. The summed E-state index contributed by atoms with van der Waals surface area (Å²) in [6.07, 6.45) is 2.01. The van der Waals surface area contributed by atoms with E-state index < -0.39 is 0 Å². The number of aromatic hydroxyl groups is 2. The predicted octanol–water partition coefficient (Wildman–Crippen LogP) is 4.51. The molecule has 0 aliphatic rings. The molecule has 0 aliphatic carbocycles. The summed E-state index contributed by atoms with van der Waals surface area (Å²) in [5.74, 6) is 0.638. The van der Waals surface area contributed by atoms with Gasteiger partial charge in [0.1, 0.15) is 11.5 Å². The van der Waals surface area contributed by atoms with Crippen LogP contribution in [0.3, 0.4) is 0 Å². The third-order valence-electron chi connectivity index (χ3n) is 3.09. The molecule has 0 unspecified atom stereocenters. The molecule has 2 N–H and O–H groups in total. The van der Waals surface area contributed by atoms with E-state index in [0.717, 1.165) is 23.3 Å². The molecule has 0 radical (unpaired) electrons. The monoisotopic (exact) mass is 274 g/mol. The molecular weight excluding hydrogens is 256 g/mol. The summed E-state index contributed by atoms with van der Waals surface area (Å²) < 4.78 is 0. The first kappa shape index (κ1) is 13.8. The molecule has 100 valence electrons. The Labute approximate surface area is 118 Å². The lowest BCUT2D eigenvalue weighted by molar-refractivity contribution is 0.469. The van der Waals surface area contributed by atoms with Crippen molar-refractivity contribution in [2.24, 2.45) is 0 Å². The smallest absolute Gasteiger partial charge is 0.118 e. The van der Waals surface area contributed by atoms with Crippen LogP contribution in [0, 0.1) is 6.92 Å². The molecule has 0 heterocycles. The van der Waals surface area contributed by atoms with Crippen LogP contribution in [0.15, 0.2) is 46.2 Å². The molecule has 0 saturated heterocycles. The van der Waals surface area contributed by atoms with Gasteiger partial charge in [0.15, 0.2) is 0 Å². The Balaban J connectivity index is 2.33. The first-order valence-corrected chi connectivity index (χ1v) is 7.21. The minimum atomic E-state index is 0.278. The largest absolute Gasteiger partial charge is 0.508 e. The number of phenols is 2. The van der Waals surface area contributed by atoms with Gasteiger partial charge in [-0.2, -0.15) is 0 Å². The maximum atomic E-state index is 9.81. The van der Waals surface area contributed by atoms with Crippen LogP contribution in [-0.2, 0) is 6.42 Å². The third-order valence-corrected chi connectivity index (χ3v) is 4.20. The summed E-state index contributed by atoms with van der Waals surface area (Å²) >= 11 is 1.66. The quantitative estimate of drug-likeness (QED) is 0.861. The molecule has 0 atom stereocenters. The van der Waals surface area contributed by atoms with E-state index in [1.807, 2.05) is 25.1 Å². The van der Waals surface area contributed by atoms with Crippen LogP contribution in [-0.4, -0.2) is 10.2 Å². The van der Waals surface area contributed by atoms with E-state index in [1.54, 1.807) is 30.0 Å². The van der Waals surface area contributed by atoms with Gasteiger partial charge in [0.2, 0.25) is 0 Å². The highest BCUT2D eigenvalue weighted by molar-refractivity contribution is 7.99.